The number of methoxy groups -OCH3 is 2. The van der Waals surface area contributed by atoms with Crippen molar-refractivity contribution in [1.29, 1.82) is 0 Å². The van der Waals surface area contributed by atoms with Gasteiger partial charge in [-0.2, -0.15) is 0 Å². The van der Waals surface area contributed by atoms with Crippen LogP contribution in [0.3, 0.4) is 0 Å². The summed E-state index contributed by atoms with van der Waals surface area (Å²) in [5, 5.41) is 0. The van der Waals surface area contributed by atoms with E-state index in [1.807, 2.05) is 19.1 Å². The lowest BCUT2D eigenvalue weighted by molar-refractivity contribution is -0.128. The van der Waals surface area contributed by atoms with Crippen LogP contribution >= 0.6 is 0 Å². The highest BCUT2D eigenvalue weighted by Gasteiger charge is 2.47. The number of Topliss-reactive ketones (excluding diaryl/α,β-unsaturated/α-hetero) is 2. The van der Waals surface area contributed by atoms with E-state index in [2.05, 4.69) is 0 Å². The first kappa shape index (κ1) is 18.2. The van der Waals surface area contributed by atoms with E-state index < -0.39 is 5.60 Å². The van der Waals surface area contributed by atoms with Crippen LogP contribution in [0.5, 0.6) is 0 Å². The molecule has 2 atom stereocenters. The maximum Gasteiger partial charge on any atom is 0.295 e. The Balaban J connectivity index is 2.98. The minimum Gasteiger partial charge on any atom is -0.468 e. The van der Waals surface area contributed by atoms with Crippen LogP contribution in [0.4, 0.5) is 0 Å². The molecule has 0 saturated heterocycles. The minimum absolute atomic E-state index is 0.0232. The van der Waals surface area contributed by atoms with Gasteiger partial charge in [0.15, 0.2) is 11.4 Å². The van der Waals surface area contributed by atoms with Crippen LogP contribution in [0.2, 0.25) is 0 Å². The average molecular weight is 308 g/mol. The summed E-state index contributed by atoms with van der Waals surface area (Å²) >= 11 is 0. The molecular weight excluding hydrogens is 284 g/mol. The first-order valence-corrected chi connectivity index (χ1v) is 7.32. The van der Waals surface area contributed by atoms with Crippen LogP contribution < -0.4 is 0 Å². The fraction of sp³-hybridized carbons (Fsp3) is 0.529. The zero-order valence-corrected chi connectivity index (χ0v) is 13.8. The van der Waals surface area contributed by atoms with Crippen molar-refractivity contribution in [2.24, 2.45) is 0 Å². The summed E-state index contributed by atoms with van der Waals surface area (Å²) in [5.74, 6) is -0.749. The lowest BCUT2D eigenvalue weighted by atomic mass is 9.93. The predicted molar refractivity (Wildman–Crippen MR) is 83.2 cm³/mol. The molecule has 0 aliphatic carbocycles. The SMILES string of the molecule is CC/C=C/C=C/C1(C)OC(OC)=C(C(=O)CC(C)OC)C1=O. The molecule has 0 fully saturated rings. The normalized spacial score (nSPS) is 23.4. The summed E-state index contributed by atoms with van der Waals surface area (Å²) in [4.78, 5) is 24.9. The van der Waals surface area contributed by atoms with Crippen LogP contribution in [0.1, 0.15) is 33.6 Å². The topological polar surface area (TPSA) is 61.8 Å². The van der Waals surface area contributed by atoms with Gasteiger partial charge in [0, 0.05) is 13.5 Å². The average Bonchev–Trinajstić information content (AvgIpc) is 2.75. The van der Waals surface area contributed by atoms with Gasteiger partial charge in [-0.25, -0.2) is 0 Å². The van der Waals surface area contributed by atoms with Gasteiger partial charge in [-0.1, -0.05) is 25.2 Å². The van der Waals surface area contributed by atoms with Crippen molar-refractivity contribution in [3.05, 3.63) is 35.8 Å². The molecule has 2 unspecified atom stereocenters. The molecule has 5 heteroatoms. The van der Waals surface area contributed by atoms with Crippen LogP contribution in [-0.2, 0) is 23.8 Å². The van der Waals surface area contributed by atoms with Crippen molar-refractivity contribution in [2.75, 3.05) is 14.2 Å². The molecular formula is C17H24O5. The quantitative estimate of drug-likeness (QED) is 0.509. The molecule has 1 aliphatic rings. The van der Waals surface area contributed by atoms with Crippen molar-refractivity contribution in [2.45, 2.75) is 45.3 Å². The van der Waals surface area contributed by atoms with Crippen molar-refractivity contribution in [3.63, 3.8) is 0 Å². The molecule has 0 bridgehead atoms. The maximum absolute atomic E-state index is 12.6. The van der Waals surface area contributed by atoms with Gasteiger partial charge < -0.3 is 14.2 Å². The van der Waals surface area contributed by atoms with Gasteiger partial charge in [-0.3, -0.25) is 9.59 Å². The smallest absolute Gasteiger partial charge is 0.295 e. The highest BCUT2D eigenvalue weighted by atomic mass is 16.7. The first-order chi connectivity index (χ1) is 10.4. The highest BCUT2D eigenvalue weighted by Crippen LogP contribution is 2.33. The van der Waals surface area contributed by atoms with E-state index in [1.165, 1.54) is 14.2 Å². The highest BCUT2D eigenvalue weighted by molar-refractivity contribution is 6.25. The molecule has 0 spiro atoms. The van der Waals surface area contributed by atoms with Gasteiger partial charge in [0.05, 0.1) is 13.2 Å². The van der Waals surface area contributed by atoms with Gasteiger partial charge in [-0.15, -0.1) is 0 Å². The maximum atomic E-state index is 12.6. The van der Waals surface area contributed by atoms with Crippen molar-refractivity contribution in [1.82, 2.24) is 0 Å². The fourth-order valence-electron chi connectivity index (χ4n) is 2.03. The van der Waals surface area contributed by atoms with Gasteiger partial charge in [0.2, 0.25) is 5.78 Å². The molecule has 0 aromatic heterocycles. The minimum atomic E-state index is -1.22. The number of carbonyl (C=O) groups excluding carboxylic acids is 2. The van der Waals surface area contributed by atoms with E-state index in [-0.39, 0.29) is 35.6 Å². The third-order valence-electron chi connectivity index (χ3n) is 3.42. The van der Waals surface area contributed by atoms with Crippen molar-refractivity contribution in [3.8, 4) is 0 Å². The lowest BCUT2D eigenvalue weighted by Gasteiger charge is -2.18. The van der Waals surface area contributed by atoms with Crippen LogP contribution in [-0.4, -0.2) is 37.5 Å². The van der Waals surface area contributed by atoms with E-state index in [4.69, 9.17) is 14.2 Å². The van der Waals surface area contributed by atoms with Crippen molar-refractivity contribution < 1.29 is 23.8 Å². The predicted octanol–water partition coefficient (Wildman–Crippen LogP) is 2.72. The molecule has 122 valence electrons. The van der Waals surface area contributed by atoms with Crippen LogP contribution in [0.25, 0.3) is 0 Å². The van der Waals surface area contributed by atoms with E-state index in [0.29, 0.717) is 0 Å². The zero-order chi connectivity index (χ0) is 16.8. The molecule has 22 heavy (non-hydrogen) atoms. The van der Waals surface area contributed by atoms with Crippen LogP contribution in [0, 0.1) is 0 Å². The molecule has 0 radical (unpaired) electrons. The third kappa shape index (κ3) is 4.07. The Labute approximate surface area is 131 Å². The number of carbonyl (C=O) groups is 2. The van der Waals surface area contributed by atoms with E-state index in [1.54, 1.807) is 26.0 Å². The summed E-state index contributed by atoms with van der Waals surface area (Å²) in [6.07, 6.45) is 7.87. The summed E-state index contributed by atoms with van der Waals surface area (Å²) < 4.78 is 15.7. The lowest BCUT2D eigenvalue weighted by Crippen LogP contribution is -2.33. The molecule has 0 N–H and O–H groups in total. The fourth-order valence-corrected chi connectivity index (χ4v) is 2.03. The van der Waals surface area contributed by atoms with E-state index >= 15 is 0 Å². The second kappa shape index (κ2) is 7.94. The Morgan fingerprint density at radius 3 is 2.59 bits per heavy atom. The zero-order valence-electron chi connectivity index (χ0n) is 13.8. The summed E-state index contributed by atoms with van der Waals surface area (Å²) in [6.45, 7) is 5.39. The Morgan fingerprint density at radius 1 is 1.36 bits per heavy atom. The van der Waals surface area contributed by atoms with E-state index in [9.17, 15) is 9.59 Å². The molecule has 0 saturated carbocycles. The molecule has 0 amide bonds. The number of hydrogen-bond donors (Lipinski definition) is 0. The molecule has 0 aromatic rings. The van der Waals surface area contributed by atoms with Crippen LogP contribution in [0.15, 0.2) is 35.8 Å². The Kier molecular flexibility index (Phi) is 6.56. The summed E-state index contributed by atoms with van der Waals surface area (Å²) in [6, 6.07) is 0. The van der Waals surface area contributed by atoms with Gasteiger partial charge in [0.25, 0.3) is 5.95 Å². The van der Waals surface area contributed by atoms with E-state index in [0.717, 1.165) is 6.42 Å². The summed E-state index contributed by atoms with van der Waals surface area (Å²) in [5.41, 5.74) is -1.25. The first-order valence-electron chi connectivity index (χ1n) is 7.32. The third-order valence-corrected chi connectivity index (χ3v) is 3.42. The van der Waals surface area contributed by atoms with Gasteiger partial charge in [-0.05, 0) is 26.3 Å². The number of ether oxygens (including phenoxy) is 3. The number of rotatable bonds is 8. The molecule has 1 heterocycles. The van der Waals surface area contributed by atoms with Gasteiger partial charge >= 0.3 is 0 Å². The van der Waals surface area contributed by atoms with Crippen molar-refractivity contribution >= 4 is 11.6 Å². The summed E-state index contributed by atoms with van der Waals surface area (Å²) in [7, 11) is 2.89. The Morgan fingerprint density at radius 2 is 2.05 bits per heavy atom. The molecule has 1 rings (SSSR count). The second-order valence-corrected chi connectivity index (χ2v) is 5.27. The largest absolute Gasteiger partial charge is 0.468 e. The number of allylic oxidation sites excluding steroid dienone is 3. The Bertz CT molecular complexity index is 515. The number of hydrogen-bond acceptors (Lipinski definition) is 5. The molecule has 1 aliphatic heterocycles. The second-order valence-electron chi connectivity index (χ2n) is 5.27. The monoisotopic (exact) mass is 308 g/mol. The van der Waals surface area contributed by atoms with Gasteiger partial charge in [0.1, 0.15) is 5.57 Å². The standard InChI is InChI=1S/C17H24O5/c1-6-7-8-9-10-17(3)15(19)14(16(21-5)22-17)13(18)11-12(2)20-4/h7-10,12H,6,11H2,1-5H3/b8-7+,10-9+. The molecule has 5 nitrogen and oxygen atoms in total. The molecule has 0 aromatic carbocycles. The Hall–Kier alpha value is -1.88. The number of ketones is 2.